The molecule has 0 fully saturated rings. The molecule has 0 aliphatic rings. The van der Waals surface area contributed by atoms with Gasteiger partial charge >= 0.3 is 0 Å². The fraction of sp³-hybridized carbons (Fsp3) is 0.311. The van der Waals surface area contributed by atoms with Gasteiger partial charge in [-0.15, -0.1) is 0 Å². The summed E-state index contributed by atoms with van der Waals surface area (Å²) in [7, 11) is 0. The highest BCUT2D eigenvalue weighted by Crippen LogP contribution is 2.23. The third kappa shape index (κ3) is 12.3. The van der Waals surface area contributed by atoms with Gasteiger partial charge in [0.2, 0.25) is 0 Å². The fourth-order valence-corrected chi connectivity index (χ4v) is 6.37. The Morgan fingerprint density at radius 2 is 1.08 bits per heavy atom. The molecule has 0 bridgehead atoms. The van der Waals surface area contributed by atoms with Gasteiger partial charge in [-0.1, -0.05) is 98.8 Å². The van der Waals surface area contributed by atoms with Gasteiger partial charge in [0.1, 0.15) is 0 Å². The second kappa shape index (κ2) is 19.2. The Kier molecular flexibility index (Phi) is 13.9. The van der Waals surface area contributed by atoms with Crippen molar-refractivity contribution in [3.63, 3.8) is 0 Å². The Labute approximate surface area is 293 Å². The van der Waals surface area contributed by atoms with E-state index in [4.69, 9.17) is 4.98 Å². The molecular formula is C45H50N2O2. The van der Waals surface area contributed by atoms with Crippen molar-refractivity contribution in [3.05, 3.63) is 155 Å². The number of benzene rings is 3. The van der Waals surface area contributed by atoms with Gasteiger partial charge in [0.15, 0.2) is 5.78 Å². The second-order valence-electron chi connectivity index (χ2n) is 13.2. The average Bonchev–Trinajstić information content (AvgIpc) is 3.13. The molecule has 2 heterocycles. The molecule has 252 valence electrons. The summed E-state index contributed by atoms with van der Waals surface area (Å²) in [5.41, 5.74) is 11.2. The van der Waals surface area contributed by atoms with E-state index in [9.17, 15) is 9.90 Å². The summed E-state index contributed by atoms with van der Waals surface area (Å²) in [4.78, 5) is 20.2. The standard InChI is InChI=1S/C45H50N2O2/c1-35(48)31-43(49)18-8-6-4-2-3-5-7-13-40-28-30-47-45(34-40)42-17-12-15-39(33-42)27-25-37-22-20-36(21-23-37)24-26-38-14-11-16-41(32-38)44-19-9-10-29-46-44/h9-12,14-17,19-23,28-34,49H,2-8,13,18,24-27H2,1H3. The lowest BCUT2D eigenvalue weighted by atomic mass is 9.98. The number of unbranched alkanes of at least 4 members (excludes halogenated alkanes) is 6. The van der Waals surface area contributed by atoms with E-state index in [0.717, 1.165) is 56.3 Å². The maximum absolute atomic E-state index is 11.0. The molecule has 0 saturated heterocycles. The first-order chi connectivity index (χ1) is 24.0. The number of carbonyl (C=O) groups excluding carboxylic acids is 1. The summed E-state index contributed by atoms with van der Waals surface area (Å²) in [5.74, 6) is 0.122. The topological polar surface area (TPSA) is 63.1 Å². The van der Waals surface area contributed by atoms with Gasteiger partial charge in [-0.2, -0.15) is 0 Å². The van der Waals surface area contributed by atoms with Crippen LogP contribution in [0.5, 0.6) is 0 Å². The van der Waals surface area contributed by atoms with E-state index in [1.807, 2.05) is 24.5 Å². The van der Waals surface area contributed by atoms with Gasteiger partial charge in [-0.05, 0) is 116 Å². The zero-order valence-electron chi connectivity index (χ0n) is 29.0. The lowest BCUT2D eigenvalue weighted by Crippen LogP contribution is -1.95. The number of allylic oxidation sites excluding steroid dienone is 2. The van der Waals surface area contributed by atoms with E-state index in [-0.39, 0.29) is 11.5 Å². The Hall–Kier alpha value is -4.83. The molecule has 5 aromatic rings. The number of aromatic nitrogens is 2. The number of carbonyl (C=O) groups is 1. The zero-order valence-corrected chi connectivity index (χ0v) is 29.0. The summed E-state index contributed by atoms with van der Waals surface area (Å²) >= 11 is 0. The molecule has 0 aliphatic heterocycles. The summed E-state index contributed by atoms with van der Waals surface area (Å²) in [6.45, 7) is 1.47. The molecule has 0 saturated carbocycles. The fourth-order valence-electron chi connectivity index (χ4n) is 6.37. The first kappa shape index (κ1) is 35.5. The highest BCUT2D eigenvalue weighted by atomic mass is 16.3. The first-order valence-electron chi connectivity index (χ1n) is 18.0. The van der Waals surface area contributed by atoms with Crippen LogP contribution in [-0.2, 0) is 36.9 Å². The number of ketones is 1. The summed E-state index contributed by atoms with van der Waals surface area (Å²) in [6.07, 6.45) is 18.9. The SMILES string of the molecule is CC(=O)C=C(O)CCCCCCCCCc1ccnc(-c2cccc(CCc3ccc(CCc4cccc(-c5ccccn5)c4)cc3)c2)c1. The van der Waals surface area contributed by atoms with E-state index in [2.05, 4.69) is 96.0 Å². The number of hydrogen-bond acceptors (Lipinski definition) is 4. The Balaban J connectivity index is 1.03. The molecular weight excluding hydrogens is 601 g/mol. The molecule has 0 amide bonds. The summed E-state index contributed by atoms with van der Waals surface area (Å²) in [5, 5.41) is 9.68. The molecule has 0 atom stereocenters. The molecule has 4 nitrogen and oxygen atoms in total. The van der Waals surface area contributed by atoms with Crippen LogP contribution in [0.25, 0.3) is 22.5 Å². The lowest BCUT2D eigenvalue weighted by Gasteiger charge is -2.09. The lowest BCUT2D eigenvalue weighted by molar-refractivity contribution is -0.112. The van der Waals surface area contributed by atoms with Gasteiger partial charge in [0.05, 0.1) is 17.1 Å². The molecule has 1 N–H and O–H groups in total. The Bertz CT molecular complexity index is 1780. The number of aryl methyl sites for hydroxylation is 5. The summed E-state index contributed by atoms with van der Waals surface area (Å²) in [6, 6.07) is 37.2. The van der Waals surface area contributed by atoms with Crippen molar-refractivity contribution >= 4 is 5.78 Å². The van der Waals surface area contributed by atoms with E-state index >= 15 is 0 Å². The molecule has 3 aromatic carbocycles. The molecule has 0 radical (unpaired) electrons. The van der Waals surface area contributed by atoms with Crippen molar-refractivity contribution in [3.8, 4) is 22.5 Å². The summed E-state index contributed by atoms with van der Waals surface area (Å²) < 4.78 is 0. The van der Waals surface area contributed by atoms with Crippen LogP contribution in [0.3, 0.4) is 0 Å². The van der Waals surface area contributed by atoms with Crippen LogP contribution in [0.15, 0.2) is 127 Å². The third-order valence-corrected chi connectivity index (χ3v) is 9.13. The number of hydrogen-bond donors (Lipinski definition) is 1. The number of aliphatic hydroxyl groups is 1. The Morgan fingerprint density at radius 3 is 1.69 bits per heavy atom. The van der Waals surface area contributed by atoms with Crippen molar-refractivity contribution in [2.24, 2.45) is 0 Å². The van der Waals surface area contributed by atoms with Crippen molar-refractivity contribution in [1.82, 2.24) is 9.97 Å². The first-order valence-corrected chi connectivity index (χ1v) is 18.0. The van der Waals surface area contributed by atoms with Crippen LogP contribution >= 0.6 is 0 Å². The monoisotopic (exact) mass is 650 g/mol. The second-order valence-corrected chi connectivity index (χ2v) is 13.2. The number of pyridine rings is 2. The van der Waals surface area contributed by atoms with Crippen LogP contribution in [0.4, 0.5) is 0 Å². The van der Waals surface area contributed by atoms with E-state index in [1.54, 1.807) is 0 Å². The largest absolute Gasteiger partial charge is 0.512 e. The predicted octanol–water partition coefficient (Wildman–Crippen LogP) is 11.1. The molecule has 4 heteroatoms. The van der Waals surface area contributed by atoms with Crippen LogP contribution in [0.2, 0.25) is 0 Å². The van der Waals surface area contributed by atoms with E-state index in [0.29, 0.717) is 6.42 Å². The number of rotatable bonds is 19. The quantitative estimate of drug-likeness (QED) is 0.0549. The highest BCUT2D eigenvalue weighted by Gasteiger charge is 2.06. The molecule has 5 rings (SSSR count). The van der Waals surface area contributed by atoms with Crippen molar-refractivity contribution in [2.45, 2.75) is 90.4 Å². The highest BCUT2D eigenvalue weighted by molar-refractivity contribution is 5.87. The normalized spacial score (nSPS) is 11.5. The van der Waals surface area contributed by atoms with Crippen LogP contribution in [-0.4, -0.2) is 20.9 Å². The van der Waals surface area contributed by atoms with Crippen LogP contribution < -0.4 is 0 Å². The average molecular weight is 651 g/mol. The minimum atomic E-state index is -0.0901. The van der Waals surface area contributed by atoms with E-state index < -0.39 is 0 Å². The molecule has 2 aromatic heterocycles. The molecule has 0 unspecified atom stereocenters. The van der Waals surface area contributed by atoms with Crippen molar-refractivity contribution in [2.75, 3.05) is 0 Å². The molecule has 0 aliphatic carbocycles. The minimum Gasteiger partial charge on any atom is -0.512 e. The van der Waals surface area contributed by atoms with Gasteiger partial charge in [-0.3, -0.25) is 14.8 Å². The van der Waals surface area contributed by atoms with Gasteiger partial charge in [0, 0.05) is 36.0 Å². The smallest absolute Gasteiger partial charge is 0.155 e. The molecule has 0 spiro atoms. The Morgan fingerprint density at radius 1 is 0.531 bits per heavy atom. The van der Waals surface area contributed by atoms with E-state index in [1.165, 1.54) is 84.0 Å². The predicted molar refractivity (Wildman–Crippen MR) is 203 cm³/mol. The van der Waals surface area contributed by atoms with Gasteiger partial charge in [-0.25, -0.2) is 0 Å². The third-order valence-electron chi connectivity index (χ3n) is 9.13. The van der Waals surface area contributed by atoms with Gasteiger partial charge in [0.25, 0.3) is 0 Å². The minimum absolute atomic E-state index is 0.0901. The van der Waals surface area contributed by atoms with Gasteiger partial charge < -0.3 is 5.11 Å². The zero-order chi connectivity index (χ0) is 34.1. The van der Waals surface area contributed by atoms with Crippen LogP contribution in [0, 0.1) is 0 Å². The van der Waals surface area contributed by atoms with Crippen molar-refractivity contribution < 1.29 is 9.90 Å². The number of nitrogens with zero attached hydrogens (tertiary/aromatic N) is 2. The van der Waals surface area contributed by atoms with Crippen molar-refractivity contribution in [1.29, 1.82) is 0 Å². The maximum Gasteiger partial charge on any atom is 0.155 e. The van der Waals surface area contributed by atoms with Crippen LogP contribution in [0.1, 0.15) is 86.1 Å². The maximum atomic E-state index is 11.0. The number of aliphatic hydroxyl groups excluding tert-OH is 1. The molecule has 49 heavy (non-hydrogen) atoms.